The van der Waals surface area contributed by atoms with Crippen LogP contribution in [0.5, 0.6) is 11.5 Å². The Kier molecular flexibility index (Phi) is 4.02. The Morgan fingerprint density at radius 1 is 1.34 bits per heavy atom. The van der Waals surface area contributed by atoms with Crippen LogP contribution in [0.2, 0.25) is 0 Å². The number of hydrogen-bond donors (Lipinski definition) is 3. The number of fused-ring (bicyclic) bond motifs is 2. The fraction of sp³-hybridized carbons (Fsp3) is 0.167. The standard InChI is InChI=1S/C18H15N7O3S/c1-2-28-11-8-9(5-6-10(11)26)16-13-14(12-4-3-7-29-12)20-21-17(27)15(13)19-18-22-23-24-25(16)18/h3-8,16,26H,2H2,1H3,(H,21,27)(H,19,22,24)/t16-/m0/s1. The summed E-state index contributed by atoms with van der Waals surface area (Å²) in [5.41, 5.74) is 1.97. The van der Waals surface area contributed by atoms with E-state index in [0.29, 0.717) is 35.2 Å². The van der Waals surface area contributed by atoms with Crippen molar-refractivity contribution in [1.82, 2.24) is 30.4 Å². The summed E-state index contributed by atoms with van der Waals surface area (Å²) in [6, 6.07) is 8.34. The van der Waals surface area contributed by atoms with Gasteiger partial charge in [-0.3, -0.25) is 4.79 Å². The summed E-state index contributed by atoms with van der Waals surface area (Å²) in [5, 5.41) is 33.8. The van der Waals surface area contributed by atoms with Crippen LogP contribution in [0.4, 0.5) is 11.6 Å². The van der Waals surface area contributed by atoms with Gasteiger partial charge in [0.1, 0.15) is 17.4 Å². The van der Waals surface area contributed by atoms with E-state index in [0.717, 1.165) is 10.4 Å². The second-order valence-electron chi connectivity index (χ2n) is 6.30. The molecular weight excluding hydrogens is 394 g/mol. The summed E-state index contributed by atoms with van der Waals surface area (Å²) in [6.07, 6.45) is 0. The van der Waals surface area contributed by atoms with Gasteiger partial charge >= 0.3 is 0 Å². The fourth-order valence-electron chi connectivity index (χ4n) is 3.42. The minimum atomic E-state index is -0.539. The molecule has 0 fully saturated rings. The van der Waals surface area contributed by atoms with Gasteiger partial charge in [-0.25, -0.2) is 5.10 Å². The van der Waals surface area contributed by atoms with E-state index in [9.17, 15) is 9.90 Å². The Balaban J connectivity index is 1.79. The molecule has 0 spiro atoms. The third kappa shape index (κ3) is 2.74. The van der Waals surface area contributed by atoms with Crippen molar-refractivity contribution in [2.24, 2.45) is 0 Å². The number of aromatic hydroxyl groups is 1. The van der Waals surface area contributed by atoms with Crippen LogP contribution < -0.4 is 15.6 Å². The molecule has 0 saturated heterocycles. The summed E-state index contributed by atoms with van der Waals surface area (Å²) in [7, 11) is 0. The molecule has 29 heavy (non-hydrogen) atoms. The average molecular weight is 409 g/mol. The smallest absolute Gasteiger partial charge is 0.288 e. The minimum Gasteiger partial charge on any atom is -0.504 e. The lowest BCUT2D eigenvalue weighted by molar-refractivity contribution is 0.317. The van der Waals surface area contributed by atoms with Crippen LogP contribution in [0, 0.1) is 0 Å². The number of tetrazole rings is 1. The van der Waals surface area contributed by atoms with Crippen LogP contribution >= 0.6 is 11.3 Å². The highest BCUT2D eigenvalue weighted by atomic mass is 32.1. The molecule has 3 aromatic heterocycles. The first-order valence-electron chi connectivity index (χ1n) is 8.84. The normalized spacial score (nSPS) is 14.7. The lowest BCUT2D eigenvalue weighted by Gasteiger charge is -2.27. The van der Waals surface area contributed by atoms with Gasteiger partial charge < -0.3 is 15.2 Å². The summed E-state index contributed by atoms with van der Waals surface area (Å²) < 4.78 is 7.13. The quantitative estimate of drug-likeness (QED) is 0.412. The summed E-state index contributed by atoms with van der Waals surface area (Å²) in [6.45, 7) is 2.24. The van der Waals surface area contributed by atoms with Gasteiger partial charge in [0.25, 0.3) is 5.56 Å². The zero-order chi connectivity index (χ0) is 20.0. The molecule has 3 N–H and O–H groups in total. The number of nitrogens with zero attached hydrogens (tertiary/aromatic N) is 5. The van der Waals surface area contributed by atoms with Crippen molar-refractivity contribution in [3.63, 3.8) is 0 Å². The first kappa shape index (κ1) is 17.4. The van der Waals surface area contributed by atoms with Crippen molar-refractivity contribution in [2.45, 2.75) is 13.0 Å². The van der Waals surface area contributed by atoms with Crippen LogP contribution in [0.3, 0.4) is 0 Å². The number of nitrogens with one attached hydrogen (secondary N) is 2. The van der Waals surface area contributed by atoms with E-state index in [-0.39, 0.29) is 11.3 Å². The molecule has 1 aliphatic heterocycles. The van der Waals surface area contributed by atoms with E-state index in [1.807, 2.05) is 24.4 Å². The molecule has 0 saturated carbocycles. The number of thiophene rings is 1. The van der Waals surface area contributed by atoms with Crippen molar-refractivity contribution in [1.29, 1.82) is 0 Å². The number of H-pyrrole nitrogens is 1. The van der Waals surface area contributed by atoms with E-state index in [1.54, 1.807) is 22.9 Å². The predicted molar refractivity (Wildman–Crippen MR) is 106 cm³/mol. The monoisotopic (exact) mass is 409 g/mol. The van der Waals surface area contributed by atoms with Crippen molar-refractivity contribution in [3.05, 3.63) is 57.2 Å². The molecule has 11 heteroatoms. The molecule has 1 aliphatic rings. The van der Waals surface area contributed by atoms with E-state index in [2.05, 4.69) is 31.0 Å². The highest BCUT2D eigenvalue weighted by Gasteiger charge is 2.35. The number of rotatable bonds is 4. The number of aromatic amines is 1. The zero-order valence-electron chi connectivity index (χ0n) is 15.2. The first-order chi connectivity index (χ1) is 14.2. The van der Waals surface area contributed by atoms with Crippen LogP contribution in [-0.2, 0) is 0 Å². The number of hydrogen-bond acceptors (Lipinski definition) is 9. The second-order valence-corrected chi connectivity index (χ2v) is 7.25. The maximum Gasteiger partial charge on any atom is 0.288 e. The third-order valence-corrected chi connectivity index (χ3v) is 5.50. The van der Waals surface area contributed by atoms with Gasteiger partial charge in [0.05, 0.1) is 11.5 Å². The SMILES string of the molecule is CCOc1cc([C@H]2c3c(-c4cccs4)n[nH]c(=O)c3Nc3nnnn32)ccc1O. The molecule has 0 amide bonds. The maximum atomic E-state index is 12.6. The summed E-state index contributed by atoms with van der Waals surface area (Å²) >= 11 is 1.51. The first-order valence-corrected chi connectivity index (χ1v) is 9.72. The molecule has 1 atom stereocenters. The molecular formula is C18H15N7O3S. The molecule has 0 unspecified atom stereocenters. The number of ether oxygens (including phenoxy) is 1. The molecule has 0 aliphatic carbocycles. The van der Waals surface area contributed by atoms with Gasteiger partial charge in [0.2, 0.25) is 5.95 Å². The second kappa shape index (κ2) is 6.71. The highest BCUT2D eigenvalue weighted by molar-refractivity contribution is 7.13. The summed E-state index contributed by atoms with van der Waals surface area (Å²) in [4.78, 5) is 13.5. The highest BCUT2D eigenvalue weighted by Crippen LogP contribution is 2.43. The van der Waals surface area contributed by atoms with Gasteiger partial charge in [-0.2, -0.15) is 9.78 Å². The van der Waals surface area contributed by atoms with Gasteiger partial charge in [-0.15, -0.1) is 11.3 Å². The number of aromatic nitrogens is 6. The molecule has 0 radical (unpaired) electrons. The number of phenols is 1. The van der Waals surface area contributed by atoms with E-state index in [1.165, 1.54) is 11.3 Å². The Hall–Kier alpha value is -3.73. The Labute approximate surface area is 167 Å². The van der Waals surface area contributed by atoms with Crippen molar-refractivity contribution in [3.8, 4) is 22.1 Å². The molecule has 146 valence electrons. The number of benzene rings is 1. The predicted octanol–water partition coefficient (Wildman–Crippen LogP) is 2.28. The number of phenolic OH excluding ortho intramolecular Hbond substituents is 1. The molecule has 0 bridgehead atoms. The topological polar surface area (TPSA) is 131 Å². The van der Waals surface area contributed by atoms with E-state index < -0.39 is 6.04 Å². The van der Waals surface area contributed by atoms with E-state index >= 15 is 0 Å². The lowest BCUT2D eigenvalue weighted by Crippen LogP contribution is -2.29. The zero-order valence-corrected chi connectivity index (χ0v) is 16.0. The molecule has 4 aromatic rings. The average Bonchev–Trinajstić information content (AvgIpc) is 3.41. The van der Waals surface area contributed by atoms with Crippen molar-refractivity contribution >= 4 is 23.0 Å². The Morgan fingerprint density at radius 3 is 3.03 bits per heavy atom. The Bertz CT molecular complexity index is 1250. The molecule has 5 rings (SSSR count). The maximum absolute atomic E-state index is 12.6. The van der Waals surface area contributed by atoms with Crippen LogP contribution in [-0.4, -0.2) is 42.1 Å². The molecule has 10 nitrogen and oxygen atoms in total. The van der Waals surface area contributed by atoms with Crippen LogP contribution in [0.15, 0.2) is 40.5 Å². The van der Waals surface area contributed by atoms with E-state index in [4.69, 9.17) is 4.74 Å². The van der Waals surface area contributed by atoms with Crippen molar-refractivity contribution < 1.29 is 9.84 Å². The largest absolute Gasteiger partial charge is 0.504 e. The third-order valence-electron chi connectivity index (χ3n) is 4.62. The Morgan fingerprint density at radius 2 is 2.24 bits per heavy atom. The van der Waals surface area contributed by atoms with Gasteiger partial charge in [-0.1, -0.05) is 17.2 Å². The fourth-order valence-corrected chi connectivity index (χ4v) is 4.15. The molecule has 1 aromatic carbocycles. The van der Waals surface area contributed by atoms with Crippen LogP contribution in [0.25, 0.3) is 10.6 Å². The lowest BCUT2D eigenvalue weighted by atomic mass is 9.94. The van der Waals surface area contributed by atoms with Gasteiger partial charge in [0.15, 0.2) is 11.5 Å². The number of anilines is 2. The summed E-state index contributed by atoms with van der Waals surface area (Å²) in [5.74, 6) is 0.710. The van der Waals surface area contributed by atoms with Gasteiger partial charge in [0, 0.05) is 5.56 Å². The van der Waals surface area contributed by atoms with Crippen molar-refractivity contribution in [2.75, 3.05) is 11.9 Å². The minimum absolute atomic E-state index is 0.0317. The molecule has 4 heterocycles. The van der Waals surface area contributed by atoms with Crippen LogP contribution in [0.1, 0.15) is 24.1 Å². The van der Waals surface area contributed by atoms with Gasteiger partial charge in [-0.05, 0) is 46.5 Å².